The number of anilines is 1. The zero-order chi connectivity index (χ0) is 25.7. The Kier molecular flexibility index (Phi) is 7.68. The first-order chi connectivity index (χ1) is 17.4. The number of carbonyl (C=O) groups excluding carboxylic acids is 1. The molecule has 0 aliphatic rings. The van der Waals surface area contributed by atoms with Crippen molar-refractivity contribution < 1.29 is 19.4 Å². The third-order valence-corrected chi connectivity index (χ3v) is 6.32. The molecule has 0 bridgehead atoms. The average molecular weight is 486 g/mol. The number of rotatable bonds is 9. The molecule has 7 nitrogen and oxygen atoms in total. The Hall–Kier alpha value is -4.13. The van der Waals surface area contributed by atoms with Crippen LogP contribution in [-0.4, -0.2) is 33.8 Å². The summed E-state index contributed by atoms with van der Waals surface area (Å²) in [7, 11) is 1.79. The smallest absolute Gasteiger partial charge is 0.449 e. The molecule has 186 valence electrons. The van der Waals surface area contributed by atoms with E-state index in [1.165, 1.54) is 0 Å². The first kappa shape index (κ1) is 25.0. The van der Waals surface area contributed by atoms with Gasteiger partial charge in [0.1, 0.15) is 11.6 Å². The molecule has 0 fully saturated rings. The van der Waals surface area contributed by atoms with E-state index in [9.17, 15) is 9.59 Å². The van der Waals surface area contributed by atoms with Gasteiger partial charge in [0.05, 0.1) is 11.0 Å². The second-order valence-electron chi connectivity index (χ2n) is 8.76. The number of hydrogen-bond donors (Lipinski definition) is 1. The quantitative estimate of drug-likeness (QED) is 0.215. The van der Waals surface area contributed by atoms with Crippen LogP contribution in [0.25, 0.3) is 22.2 Å². The lowest BCUT2D eigenvalue weighted by atomic mass is 10.0. The molecule has 3 aromatic carbocycles. The number of hydrogen-bond acceptors (Lipinski definition) is 4. The largest absolute Gasteiger partial charge is 0.511 e. The highest BCUT2D eigenvalue weighted by atomic mass is 16.7. The molecular weight excluding hydrogens is 454 g/mol. The minimum absolute atomic E-state index is 0.0652. The monoisotopic (exact) mass is 485 g/mol. The third kappa shape index (κ3) is 5.40. The molecule has 0 spiro atoms. The standard InChI is InChI=1S/C29H31N3O4/c1-4-6-11-27-30-24-18-22(31(3)28(33)5-2)16-17-25(24)32(27)19-20-12-14-21(15-13-20)23-9-7-8-10-26(23)36-29(34)35/h7-10,12-18H,4-6,11,19H2,1-3H3,(H,34,35). The molecule has 4 aromatic rings. The van der Waals surface area contributed by atoms with E-state index in [0.717, 1.165) is 58.5 Å². The number of carboxylic acid groups (broad SMARTS) is 1. The van der Waals surface area contributed by atoms with Gasteiger partial charge >= 0.3 is 6.16 Å². The van der Waals surface area contributed by atoms with E-state index in [1.54, 1.807) is 24.1 Å². The fourth-order valence-electron chi connectivity index (χ4n) is 4.32. The lowest BCUT2D eigenvalue weighted by molar-refractivity contribution is -0.118. The maximum atomic E-state index is 12.2. The summed E-state index contributed by atoms with van der Waals surface area (Å²) in [5.74, 6) is 1.40. The van der Waals surface area contributed by atoms with Gasteiger partial charge in [-0.05, 0) is 41.8 Å². The van der Waals surface area contributed by atoms with E-state index in [4.69, 9.17) is 14.8 Å². The van der Waals surface area contributed by atoms with E-state index in [-0.39, 0.29) is 5.91 Å². The molecule has 7 heteroatoms. The molecule has 4 rings (SSSR count). The predicted octanol–water partition coefficient (Wildman–Crippen LogP) is 6.52. The van der Waals surface area contributed by atoms with Gasteiger partial charge in [0.25, 0.3) is 0 Å². The summed E-state index contributed by atoms with van der Waals surface area (Å²) in [6, 6.07) is 21.1. The molecule has 1 N–H and O–H groups in total. The average Bonchev–Trinajstić information content (AvgIpc) is 3.23. The first-order valence-electron chi connectivity index (χ1n) is 12.3. The summed E-state index contributed by atoms with van der Waals surface area (Å²) in [5, 5.41) is 9.04. The van der Waals surface area contributed by atoms with Gasteiger partial charge in [-0.2, -0.15) is 0 Å². The number of para-hydroxylation sites is 1. The zero-order valence-electron chi connectivity index (χ0n) is 20.9. The second kappa shape index (κ2) is 11.1. The van der Waals surface area contributed by atoms with Crippen molar-refractivity contribution in [2.75, 3.05) is 11.9 Å². The summed E-state index contributed by atoms with van der Waals surface area (Å²) in [6.45, 7) is 4.69. The van der Waals surface area contributed by atoms with Crippen LogP contribution < -0.4 is 9.64 Å². The van der Waals surface area contributed by atoms with Gasteiger partial charge in [-0.3, -0.25) is 4.79 Å². The zero-order valence-corrected chi connectivity index (χ0v) is 20.9. The van der Waals surface area contributed by atoms with Crippen LogP contribution in [0.5, 0.6) is 5.75 Å². The number of aryl methyl sites for hydroxylation is 1. The minimum atomic E-state index is -1.33. The SMILES string of the molecule is CCCCc1nc2cc(N(C)C(=O)CC)ccc2n1Cc1ccc(-c2ccccc2OC(=O)O)cc1. The Morgan fingerprint density at radius 2 is 1.78 bits per heavy atom. The van der Waals surface area contributed by atoms with Crippen molar-refractivity contribution in [3.63, 3.8) is 0 Å². The van der Waals surface area contributed by atoms with Crippen LogP contribution >= 0.6 is 0 Å². The number of fused-ring (bicyclic) bond motifs is 1. The van der Waals surface area contributed by atoms with Crippen molar-refractivity contribution in [3.8, 4) is 16.9 Å². The number of nitrogens with zero attached hydrogens (tertiary/aromatic N) is 3. The van der Waals surface area contributed by atoms with Crippen molar-refractivity contribution >= 4 is 28.8 Å². The van der Waals surface area contributed by atoms with Crippen LogP contribution in [0.3, 0.4) is 0 Å². The van der Waals surface area contributed by atoms with E-state index < -0.39 is 6.16 Å². The molecule has 0 saturated heterocycles. The number of unbranched alkanes of at least 4 members (excludes halogenated alkanes) is 1. The molecule has 1 amide bonds. The van der Waals surface area contributed by atoms with Gasteiger partial charge in [-0.1, -0.05) is 62.7 Å². The number of benzene rings is 3. The number of amides is 1. The fourth-order valence-corrected chi connectivity index (χ4v) is 4.32. The first-order valence-corrected chi connectivity index (χ1v) is 12.3. The Labute approximate surface area is 211 Å². The van der Waals surface area contributed by atoms with Crippen LogP contribution in [0.1, 0.15) is 44.5 Å². The van der Waals surface area contributed by atoms with Crippen LogP contribution in [0.2, 0.25) is 0 Å². The number of aromatic nitrogens is 2. The highest BCUT2D eigenvalue weighted by molar-refractivity contribution is 5.94. The molecule has 36 heavy (non-hydrogen) atoms. The lowest BCUT2D eigenvalue weighted by Gasteiger charge is -2.16. The molecule has 0 unspecified atom stereocenters. The number of imidazole rings is 1. The lowest BCUT2D eigenvalue weighted by Crippen LogP contribution is -2.24. The van der Waals surface area contributed by atoms with Gasteiger partial charge in [0.15, 0.2) is 0 Å². The van der Waals surface area contributed by atoms with Crippen molar-refractivity contribution in [2.45, 2.75) is 46.1 Å². The van der Waals surface area contributed by atoms with Gasteiger partial charge in [0, 0.05) is 37.7 Å². The fraction of sp³-hybridized carbons (Fsp3) is 0.276. The van der Waals surface area contributed by atoms with Crippen molar-refractivity contribution in [3.05, 3.63) is 78.1 Å². The molecule has 0 aliphatic heterocycles. The minimum Gasteiger partial charge on any atom is -0.449 e. The van der Waals surface area contributed by atoms with Gasteiger partial charge in [0.2, 0.25) is 5.91 Å². The van der Waals surface area contributed by atoms with E-state index in [0.29, 0.717) is 18.7 Å². The summed E-state index contributed by atoms with van der Waals surface area (Å²) in [6.07, 6.45) is 2.12. The molecule has 0 aliphatic carbocycles. The number of carbonyl (C=O) groups is 2. The summed E-state index contributed by atoms with van der Waals surface area (Å²) >= 11 is 0. The van der Waals surface area contributed by atoms with Crippen LogP contribution in [0.15, 0.2) is 66.7 Å². The maximum absolute atomic E-state index is 12.2. The van der Waals surface area contributed by atoms with Gasteiger partial charge in [-0.15, -0.1) is 0 Å². The topological polar surface area (TPSA) is 84.7 Å². The molecule has 1 aromatic heterocycles. The summed E-state index contributed by atoms with van der Waals surface area (Å²) in [5.41, 5.74) is 5.46. The third-order valence-electron chi connectivity index (χ3n) is 6.32. The Bertz CT molecular complexity index is 1380. The normalized spacial score (nSPS) is 11.0. The molecule has 0 radical (unpaired) electrons. The van der Waals surface area contributed by atoms with Crippen molar-refractivity contribution in [2.24, 2.45) is 0 Å². The Morgan fingerprint density at radius 1 is 1.03 bits per heavy atom. The highest BCUT2D eigenvalue weighted by Gasteiger charge is 2.15. The Balaban J connectivity index is 1.65. The summed E-state index contributed by atoms with van der Waals surface area (Å²) < 4.78 is 7.19. The van der Waals surface area contributed by atoms with Crippen molar-refractivity contribution in [1.29, 1.82) is 0 Å². The second-order valence-corrected chi connectivity index (χ2v) is 8.76. The van der Waals surface area contributed by atoms with Gasteiger partial charge < -0.3 is 19.3 Å². The van der Waals surface area contributed by atoms with Crippen LogP contribution in [-0.2, 0) is 17.8 Å². The predicted molar refractivity (Wildman–Crippen MR) is 142 cm³/mol. The van der Waals surface area contributed by atoms with E-state index in [1.807, 2.05) is 61.5 Å². The van der Waals surface area contributed by atoms with Crippen molar-refractivity contribution in [1.82, 2.24) is 9.55 Å². The van der Waals surface area contributed by atoms with E-state index in [2.05, 4.69) is 11.5 Å². The van der Waals surface area contributed by atoms with Gasteiger partial charge in [-0.25, -0.2) is 9.78 Å². The maximum Gasteiger partial charge on any atom is 0.511 e. The highest BCUT2D eigenvalue weighted by Crippen LogP contribution is 2.31. The summed E-state index contributed by atoms with van der Waals surface area (Å²) in [4.78, 5) is 29.8. The van der Waals surface area contributed by atoms with E-state index >= 15 is 0 Å². The number of ether oxygens (including phenoxy) is 1. The molecule has 0 saturated carbocycles. The molecular formula is C29H31N3O4. The van der Waals surface area contributed by atoms with Crippen LogP contribution in [0.4, 0.5) is 10.5 Å². The molecule has 0 atom stereocenters. The van der Waals surface area contributed by atoms with Crippen LogP contribution in [0, 0.1) is 0 Å². The Morgan fingerprint density at radius 3 is 2.47 bits per heavy atom. The molecule has 1 heterocycles.